The SMILES string of the molecule is CCn1ncnc1CNCCCN1CCCCC1C. The molecule has 0 amide bonds. The van der Waals surface area contributed by atoms with Gasteiger partial charge in [-0.15, -0.1) is 0 Å². The van der Waals surface area contributed by atoms with Crippen molar-refractivity contribution in [3.8, 4) is 0 Å². The molecule has 1 saturated heterocycles. The van der Waals surface area contributed by atoms with E-state index in [1.165, 1.54) is 38.8 Å². The summed E-state index contributed by atoms with van der Waals surface area (Å²) in [5.74, 6) is 1.04. The first-order valence-corrected chi connectivity index (χ1v) is 7.62. The van der Waals surface area contributed by atoms with Gasteiger partial charge in [0.25, 0.3) is 0 Å². The second-order valence-electron chi connectivity index (χ2n) is 5.40. The Morgan fingerprint density at radius 2 is 2.32 bits per heavy atom. The number of rotatable bonds is 7. The summed E-state index contributed by atoms with van der Waals surface area (Å²) < 4.78 is 1.94. The van der Waals surface area contributed by atoms with Crippen molar-refractivity contribution in [1.82, 2.24) is 25.0 Å². The largest absolute Gasteiger partial charge is 0.310 e. The molecule has 1 aliphatic rings. The zero-order chi connectivity index (χ0) is 13.5. The van der Waals surface area contributed by atoms with Gasteiger partial charge < -0.3 is 10.2 Å². The van der Waals surface area contributed by atoms with Gasteiger partial charge in [0.1, 0.15) is 12.2 Å². The van der Waals surface area contributed by atoms with E-state index < -0.39 is 0 Å². The molecule has 0 saturated carbocycles. The Morgan fingerprint density at radius 1 is 1.42 bits per heavy atom. The standard InChI is InChI=1S/C14H27N5/c1-3-19-14(16-12-17-19)11-15-8-6-10-18-9-5-4-7-13(18)2/h12-13,15H,3-11H2,1-2H3. The van der Waals surface area contributed by atoms with E-state index in [2.05, 4.69) is 34.1 Å². The second-order valence-corrected chi connectivity index (χ2v) is 5.40. The fourth-order valence-electron chi connectivity index (χ4n) is 2.79. The highest BCUT2D eigenvalue weighted by Gasteiger charge is 2.16. The van der Waals surface area contributed by atoms with Crippen LogP contribution in [0.5, 0.6) is 0 Å². The maximum atomic E-state index is 4.27. The molecule has 1 atom stereocenters. The van der Waals surface area contributed by atoms with Crippen LogP contribution in [-0.4, -0.2) is 45.3 Å². The van der Waals surface area contributed by atoms with Crippen LogP contribution in [0.25, 0.3) is 0 Å². The van der Waals surface area contributed by atoms with Gasteiger partial charge in [-0.25, -0.2) is 9.67 Å². The fraction of sp³-hybridized carbons (Fsp3) is 0.857. The molecule has 2 heterocycles. The van der Waals surface area contributed by atoms with Crippen LogP contribution in [0.2, 0.25) is 0 Å². The molecule has 2 rings (SSSR count). The number of likely N-dealkylation sites (tertiary alicyclic amines) is 1. The molecule has 5 nitrogen and oxygen atoms in total. The average Bonchev–Trinajstić information content (AvgIpc) is 2.88. The Morgan fingerprint density at radius 3 is 3.11 bits per heavy atom. The summed E-state index contributed by atoms with van der Waals surface area (Å²) in [7, 11) is 0. The molecule has 108 valence electrons. The van der Waals surface area contributed by atoms with E-state index >= 15 is 0 Å². The van der Waals surface area contributed by atoms with Crippen LogP contribution < -0.4 is 5.32 Å². The normalized spacial score (nSPS) is 20.8. The lowest BCUT2D eigenvalue weighted by atomic mass is 10.0. The van der Waals surface area contributed by atoms with E-state index in [0.29, 0.717) is 0 Å². The van der Waals surface area contributed by atoms with Gasteiger partial charge in [0, 0.05) is 12.6 Å². The first-order chi connectivity index (χ1) is 9.31. The minimum atomic E-state index is 0.775. The molecule has 1 aromatic rings. The Labute approximate surface area is 116 Å². The molecule has 1 N–H and O–H groups in total. The lowest BCUT2D eigenvalue weighted by Gasteiger charge is -2.33. The predicted octanol–water partition coefficient (Wildman–Crippen LogP) is 1.65. The van der Waals surface area contributed by atoms with Crippen molar-refractivity contribution >= 4 is 0 Å². The number of hydrogen-bond donors (Lipinski definition) is 1. The van der Waals surface area contributed by atoms with Crippen LogP contribution in [0.4, 0.5) is 0 Å². The van der Waals surface area contributed by atoms with Gasteiger partial charge in [-0.3, -0.25) is 0 Å². The summed E-state index contributed by atoms with van der Waals surface area (Å²) >= 11 is 0. The van der Waals surface area contributed by atoms with E-state index in [1.807, 2.05) is 4.68 Å². The minimum Gasteiger partial charge on any atom is -0.310 e. The Balaban J connectivity index is 1.59. The van der Waals surface area contributed by atoms with Crippen molar-refractivity contribution in [3.05, 3.63) is 12.2 Å². The van der Waals surface area contributed by atoms with Crippen LogP contribution in [0.1, 0.15) is 45.4 Å². The molecule has 1 aliphatic heterocycles. The maximum Gasteiger partial charge on any atom is 0.140 e. The van der Waals surface area contributed by atoms with Crippen molar-refractivity contribution in [3.63, 3.8) is 0 Å². The molecule has 5 heteroatoms. The van der Waals surface area contributed by atoms with Crippen LogP contribution in [0.3, 0.4) is 0 Å². The predicted molar refractivity (Wildman–Crippen MR) is 76.9 cm³/mol. The van der Waals surface area contributed by atoms with Gasteiger partial charge >= 0.3 is 0 Å². The molecule has 0 bridgehead atoms. The zero-order valence-corrected chi connectivity index (χ0v) is 12.3. The number of nitrogens with zero attached hydrogens (tertiary/aromatic N) is 4. The summed E-state index contributed by atoms with van der Waals surface area (Å²) in [6.07, 6.45) is 6.99. The average molecular weight is 265 g/mol. The fourth-order valence-corrected chi connectivity index (χ4v) is 2.79. The number of aromatic nitrogens is 3. The topological polar surface area (TPSA) is 46.0 Å². The quantitative estimate of drug-likeness (QED) is 0.762. The number of nitrogens with one attached hydrogen (secondary N) is 1. The smallest absolute Gasteiger partial charge is 0.140 e. The van der Waals surface area contributed by atoms with Crippen molar-refractivity contribution in [2.24, 2.45) is 0 Å². The van der Waals surface area contributed by atoms with E-state index in [9.17, 15) is 0 Å². The van der Waals surface area contributed by atoms with E-state index in [0.717, 1.165) is 31.5 Å². The zero-order valence-electron chi connectivity index (χ0n) is 12.3. The van der Waals surface area contributed by atoms with Crippen LogP contribution in [0.15, 0.2) is 6.33 Å². The summed E-state index contributed by atoms with van der Waals surface area (Å²) in [6, 6.07) is 0.775. The molecule has 0 aliphatic carbocycles. The molecule has 1 fully saturated rings. The molecule has 0 spiro atoms. The second kappa shape index (κ2) is 7.60. The lowest BCUT2D eigenvalue weighted by molar-refractivity contribution is 0.159. The maximum absolute atomic E-state index is 4.27. The van der Waals surface area contributed by atoms with Crippen molar-refractivity contribution in [2.45, 2.75) is 58.7 Å². The highest BCUT2D eigenvalue weighted by Crippen LogP contribution is 2.15. The third-order valence-corrected chi connectivity index (χ3v) is 4.02. The molecular formula is C14H27N5. The third-order valence-electron chi connectivity index (χ3n) is 4.02. The number of aryl methyl sites for hydroxylation is 1. The highest BCUT2D eigenvalue weighted by atomic mass is 15.3. The summed E-state index contributed by atoms with van der Waals surface area (Å²) in [6.45, 7) is 9.72. The van der Waals surface area contributed by atoms with Gasteiger partial charge in [-0.05, 0) is 52.7 Å². The Kier molecular flexibility index (Phi) is 5.79. The first kappa shape index (κ1) is 14.5. The summed E-state index contributed by atoms with van der Waals surface area (Å²) in [5.41, 5.74) is 0. The Hall–Kier alpha value is -0.940. The van der Waals surface area contributed by atoms with Gasteiger partial charge in [-0.2, -0.15) is 5.10 Å². The van der Waals surface area contributed by atoms with Gasteiger partial charge in [0.05, 0.1) is 6.54 Å². The summed E-state index contributed by atoms with van der Waals surface area (Å²) in [4.78, 5) is 6.89. The van der Waals surface area contributed by atoms with Gasteiger partial charge in [0.2, 0.25) is 0 Å². The summed E-state index contributed by atoms with van der Waals surface area (Å²) in [5, 5.41) is 7.64. The van der Waals surface area contributed by atoms with Crippen molar-refractivity contribution < 1.29 is 0 Å². The Bertz CT molecular complexity index is 362. The van der Waals surface area contributed by atoms with Gasteiger partial charge in [-0.1, -0.05) is 6.42 Å². The third kappa shape index (κ3) is 4.28. The van der Waals surface area contributed by atoms with Crippen molar-refractivity contribution in [1.29, 1.82) is 0 Å². The molecule has 1 unspecified atom stereocenters. The van der Waals surface area contributed by atoms with Crippen molar-refractivity contribution in [2.75, 3.05) is 19.6 Å². The van der Waals surface area contributed by atoms with E-state index in [1.54, 1.807) is 6.33 Å². The van der Waals surface area contributed by atoms with Crippen LogP contribution in [-0.2, 0) is 13.1 Å². The molecule has 1 aromatic heterocycles. The highest BCUT2D eigenvalue weighted by molar-refractivity contribution is 4.83. The molecule has 0 radical (unpaired) electrons. The monoisotopic (exact) mass is 265 g/mol. The van der Waals surface area contributed by atoms with Gasteiger partial charge in [0.15, 0.2) is 0 Å². The lowest BCUT2D eigenvalue weighted by Crippen LogP contribution is -2.38. The first-order valence-electron chi connectivity index (χ1n) is 7.62. The van der Waals surface area contributed by atoms with Crippen LogP contribution >= 0.6 is 0 Å². The minimum absolute atomic E-state index is 0.775. The van der Waals surface area contributed by atoms with Crippen LogP contribution in [0, 0.1) is 0 Å². The van der Waals surface area contributed by atoms with E-state index in [-0.39, 0.29) is 0 Å². The number of piperidine rings is 1. The molecule has 0 aromatic carbocycles. The molecular weight excluding hydrogens is 238 g/mol. The molecule has 19 heavy (non-hydrogen) atoms. The number of hydrogen-bond acceptors (Lipinski definition) is 4. The van der Waals surface area contributed by atoms with E-state index in [4.69, 9.17) is 0 Å².